The van der Waals surface area contributed by atoms with Gasteiger partial charge in [0.2, 0.25) is 0 Å². The third kappa shape index (κ3) is 9.80. The van der Waals surface area contributed by atoms with Gasteiger partial charge in [0.05, 0.1) is 6.10 Å². The molecule has 2 N–H and O–H groups in total. The average molecular weight is 189 g/mol. The van der Waals surface area contributed by atoms with Crippen LogP contribution >= 0.6 is 0 Å². The van der Waals surface area contributed by atoms with Gasteiger partial charge in [-0.25, -0.2) is 0 Å². The molecule has 1 atom stereocenters. The monoisotopic (exact) mass is 189 g/mol. The van der Waals surface area contributed by atoms with E-state index in [4.69, 9.17) is 15.2 Å². The van der Waals surface area contributed by atoms with Gasteiger partial charge in [0.25, 0.3) is 0 Å². The molecule has 0 amide bonds. The highest BCUT2D eigenvalue weighted by molar-refractivity contribution is 4.44. The lowest BCUT2D eigenvalue weighted by Crippen LogP contribution is -2.10. The first kappa shape index (κ1) is 12.9. The van der Waals surface area contributed by atoms with Gasteiger partial charge in [0.15, 0.2) is 0 Å². The van der Waals surface area contributed by atoms with Crippen molar-refractivity contribution in [2.45, 2.75) is 39.2 Å². The second-order valence-corrected chi connectivity index (χ2v) is 3.20. The zero-order valence-corrected chi connectivity index (χ0v) is 8.92. The van der Waals surface area contributed by atoms with Gasteiger partial charge in [-0.15, -0.1) is 0 Å². The molecule has 3 nitrogen and oxygen atoms in total. The summed E-state index contributed by atoms with van der Waals surface area (Å²) >= 11 is 0. The van der Waals surface area contributed by atoms with E-state index in [2.05, 4.69) is 13.8 Å². The molecule has 0 saturated heterocycles. The van der Waals surface area contributed by atoms with Gasteiger partial charge in [-0.1, -0.05) is 6.92 Å². The number of nitrogens with two attached hydrogens (primary N) is 1. The van der Waals surface area contributed by atoms with Crippen molar-refractivity contribution >= 4 is 0 Å². The van der Waals surface area contributed by atoms with Crippen LogP contribution in [0.1, 0.15) is 33.1 Å². The average Bonchev–Trinajstić information content (AvgIpc) is 2.16. The maximum Gasteiger partial charge on any atom is 0.0544 e. The van der Waals surface area contributed by atoms with Crippen molar-refractivity contribution in [2.75, 3.05) is 26.4 Å². The Labute approximate surface area is 81.6 Å². The van der Waals surface area contributed by atoms with Crippen LogP contribution in [0.15, 0.2) is 0 Å². The molecule has 1 unspecified atom stereocenters. The molecule has 0 aromatic rings. The predicted octanol–water partition coefficient (Wildman–Crippen LogP) is 1.56. The largest absolute Gasteiger partial charge is 0.381 e. The molecular formula is C10H23NO2. The molecule has 13 heavy (non-hydrogen) atoms. The van der Waals surface area contributed by atoms with Gasteiger partial charge >= 0.3 is 0 Å². The van der Waals surface area contributed by atoms with Crippen LogP contribution in [0.25, 0.3) is 0 Å². The quantitative estimate of drug-likeness (QED) is 0.560. The third-order valence-electron chi connectivity index (χ3n) is 1.90. The van der Waals surface area contributed by atoms with Crippen LogP contribution in [-0.2, 0) is 9.47 Å². The minimum atomic E-state index is 0.379. The van der Waals surface area contributed by atoms with Crippen molar-refractivity contribution in [3.8, 4) is 0 Å². The smallest absolute Gasteiger partial charge is 0.0544 e. The number of hydrogen-bond acceptors (Lipinski definition) is 3. The Morgan fingerprint density at radius 3 is 2.46 bits per heavy atom. The molecular weight excluding hydrogens is 166 g/mol. The van der Waals surface area contributed by atoms with E-state index in [1.54, 1.807) is 0 Å². The first-order valence-electron chi connectivity index (χ1n) is 5.20. The van der Waals surface area contributed by atoms with Gasteiger partial charge in [0, 0.05) is 19.8 Å². The Balaban J connectivity index is 2.91. The van der Waals surface area contributed by atoms with Gasteiger partial charge in [-0.05, 0) is 32.7 Å². The fraction of sp³-hybridized carbons (Fsp3) is 1.00. The van der Waals surface area contributed by atoms with Crippen LogP contribution in [0.3, 0.4) is 0 Å². The molecule has 0 heterocycles. The lowest BCUT2D eigenvalue weighted by molar-refractivity contribution is 0.0408. The van der Waals surface area contributed by atoms with Crippen LogP contribution in [0.5, 0.6) is 0 Å². The first-order valence-corrected chi connectivity index (χ1v) is 5.20. The molecule has 80 valence electrons. The maximum absolute atomic E-state index is 5.49. The Hall–Kier alpha value is -0.120. The molecule has 3 heteroatoms. The first-order chi connectivity index (χ1) is 6.31. The lowest BCUT2D eigenvalue weighted by Gasteiger charge is -2.10. The molecule has 0 spiro atoms. The predicted molar refractivity (Wildman–Crippen MR) is 54.8 cm³/mol. The second-order valence-electron chi connectivity index (χ2n) is 3.20. The zero-order valence-electron chi connectivity index (χ0n) is 8.92. The summed E-state index contributed by atoms with van der Waals surface area (Å²) in [5, 5.41) is 0. The summed E-state index contributed by atoms with van der Waals surface area (Å²) in [5.74, 6) is 0. The molecule has 0 rings (SSSR count). The van der Waals surface area contributed by atoms with Crippen molar-refractivity contribution < 1.29 is 9.47 Å². The summed E-state index contributed by atoms with van der Waals surface area (Å²) in [6.45, 7) is 7.30. The number of hydrogen-bond donors (Lipinski definition) is 1. The van der Waals surface area contributed by atoms with Crippen LogP contribution in [0.4, 0.5) is 0 Å². The molecule has 0 aromatic heterocycles. The van der Waals surface area contributed by atoms with Crippen molar-refractivity contribution in [3.05, 3.63) is 0 Å². The van der Waals surface area contributed by atoms with Crippen molar-refractivity contribution in [3.63, 3.8) is 0 Å². The summed E-state index contributed by atoms with van der Waals surface area (Å²) in [5.41, 5.74) is 5.32. The minimum absolute atomic E-state index is 0.379. The maximum atomic E-state index is 5.49. The van der Waals surface area contributed by atoms with E-state index in [0.29, 0.717) is 12.6 Å². The van der Waals surface area contributed by atoms with Crippen molar-refractivity contribution in [1.29, 1.82) is 0 Å². The molecule has 0 fully saturated rings. The summed E-state index contributed by atoms with van der Waals surface area (Å²) in [6, 6.07) is 0. The summed E-state index contributed by atoms with van der Waals surface area (Å²) < 4.78 is 10.8. The fourth-order valence-corrected chi connectivity index (χ4v) is 0.851. The molecule has 0 aliphatic heterocycles. The van der Waals surface area contributed by atoms with Crippen LogP contribution in [0.2, 0.25) is 0 Å². The second kappa shape index (κ2) is 9.96. The third-order valence-corrected chi connectivity index (χ3v) is 1.90. The normalized spacial score (nSPS) is 13.2. The Morgan fingerprint density at radius 1 is 1.15 bits per heavy atom. The summed E-state index contributed by atoms with van der Waals surface area (Å²) in [7, 11) is 0. The van der Waals surface area contributed by atoms with Gasteiger partial charge in [0.1, 0.15) is 0 Å². The van der Waals surface area contributed by atoms with E-state index in [1.165, 1.54) is 0 Å². The highest BCUT2D eigenvalue weighted by Crippen LogP contribution is 1.96. The number of ether oxygens (including phenoxy) is 2. The Bertz CT molecular complexity index is 98.9. The molecule has 0 aromatic carbocycles. The SMILES string of the molecule is CCC(C)OCCCOCCCN. The van der Waals surface area contributed by atoms with Crippen molar-refractivity contribution in [2.24, 2.45) is 5.73 Å². The Kier molecular flexibility index (Phi) is 9.87. The van der Waals surface area contributed by atoms with Crippen molar-refractivity contribution in [1.82, 2.24) is 0 Å². The van der Waals surface area contributed by atoms with E-state index >= 15 is 0 Å². The van der Waals surface area contributed by atoms with E-state index in [1.807, 2.05) is 0 Å². The molecule has 0 saturated carbocycles. The van der Waals surface area contributed by atoms with Gasteiger partial charge < -0.3 is 15.2 Å². The van der Waals surface area contributed by atoms with Crippen LogP contribution < -0.4 is 5.73 Å². The summed E-state index contributed by atoms with van der Waals surface area (Å²) in [4.78, 5) is 0. The van der Waals surface area contributed by atoms with E-state index in [0.717, 1.165) is 39.1 Å². The van der Waals surface area contributed by atoms with Gasteiger partial charge in [-0.3, -0.25) is 0 Å². The highest BCUT2D eigenvalue weighted by Gasteiger charge is 1.96. The Morgan fingerprint density at radius 2 is 1.85 bits per heavy atom. The fourth-order valence-electron chi connectivity index (χ4n) is 0.851. The van der Waals surface area contributed by atoms with Crippen LogP contribution in [0, 0.1) is 0 Å². The number of rotatable bonds is 9. The molecule has 0 radical (unpaired) electrons. The van der Waals surface area contributed by atoms with E-state index in [-0.39, 0.29) is 0 Å². The molecule has 0 aliphatic carbocycles. The van der Waals surface area contributed by atoms with E-state index < -0.39 is 0 Å². The lowest BCUT2D eigenvalue weighted by atomic mass is 10.3. The molecule has 0 bridgehead atoms. The highest BCUT2D eigenvalue weighted by atomic mass is 16.5. The van der Waals surface area contributed by atoms with E-state index in [9.17, 15) is 0 Å². The molecule has 0 aliphatic rings. The van der Waals surface area contributed by atoms with Gasteiger partial charge in [-0.2, -0.15) is 0 Å². The standard InChI is InChI=1S/C10H23NO2/c1-3-10(2)13-9-5-8-12-7-4-6-11/h10H,3-9,11H2,1-2H3. The zero-order chi connectivity index (χ0) is 9.94. The summed E-state index contributed by atoms with van der Waals surface area (Å²) in [6.07, 6.45) is 3.39. The minimum Gasteiger partial charge on any atom is -0.381 e. The topological polar surface area (TPSA) is 44.5 Å². The van der Waals surface area contributed by atoms with Crippen LogP contribution in [-0.4, -0.2) is 32.5 Å².